The van der Waals surface area contributed by atoms with Gasteiger partial charge in [-0.2, -0.15) is 11.8 Å². The second-order valence-electron chi connectivity index (χ2n) is 5.16. The van der Waals surface area contributed by atoms with E-state index < -0.39 is 13.3 Å². The van der Waals surface area contributed by atoms with Gasteiger partial charge in [0.1, 0.15) is 0 Å². The van der Waals surface area contributed by atoms with Crippen molar-refractivity contribution in [2.75, 3.05) is 30.4 Å². The number of hydrogen-bond acceptors (Lipinski definition) is 4. The van der Waals surface area contributed by atoms with Crippen molar-refractivity contribution in [3.05, 3.63) is 11.6 Å². The minimum Gasteiger partial charge on any atom is -0.478 e. The van der Waals surface area contributed by atoms with Crippen molar-refractivity contribution in [2.24, 2.45) is 11.7 Å². The molecule has 0 saturated carbocycles. The van der Waals surface area contributed by atoms with E-state index >= 15 is 0 Å². The molecule has 0 aromatic heterocycles. The van der Waals surface area contributed by atoms with Crippen molar-refractivity contribution in [3.63, 3.8) is 0 Å². The van der Waals surface area contributed by atoms with Crippen LogP contribution in [-0.2, 0) is 9.36 Å². The van der Waals surface area contributed by atoms with Crippen LogP contribution in [0, 0.1) is 5.92 Å². The lowest BCUT2D eigenvalue weighted by atomic mass is 10.2. The van der Waals surface area contributed by atoms with Crippen LogP contribution in [0.4, 0.5) is 0 Å². The highest BCUT2D eigenvalue weighted by Crippen LogP contribution is 2.44. The summed E-state index contributed by atoms with van der Waals surface area (Å²) in [6, 6.07) is 0. The zero-order chi connectivity index (χ0) is 15.6. The fourth-order valence-electron chi connectivity index (χ4n) is 1.77. The highest BCUT2D eigenvalue weighted by molar-refractivity contribution is 7.99. The van der Waals surface area contributed by atoms with E-state index in [0.717, 1.165) is 17.9 Å². The van der Waals surface area contributed by atoms with E-state index in [-0.39, 0.29) is 23.8 Å². The number of carboxylic acid groups (broad SMARTS) is 1. The van der Waals surface area contributed by atoms with E-state index in [9.17, 15) is 14.3 Å². The summed E-state index contributed by atoms with van der Waals surface area (Å²) < 4.78 is 11.9. The van der Waals surface area contributed by atoms with Crippen LogP contribution in [0.15, 0.2) is 11.6 Å². The van der Waals surface area contributed by atoms with E-state index in [1.807, 2.05) is 13.8 Å². The summed E-state index contributed by atoms with van der Waals surface area (Å²) in [5, 5.41) is 9.09. The molecule has 0 heterocycles. The van der Waals surface area contributed by atoms with Gasteiger partial charge in [-0.05, 0) is 24.5 Å². The van der Waals surface area contributed by atoms with Crippen LogP contribution in [0.3, 0.4) is 0 Å². The molecule has 1 unspecified atom stereocenters. The molecule has 0 spiro atoms. The Balaban J connectivity index is 4.35. The molecule has 0 rings (SSSR count). The number of nitrogens with two attached hydrogens (primary N) is 1. The summed E-state index contributed by atoms with van der Waals surface area (Å²) in [6.07, 6.45) is 2.96. The van der Waals surface area contributed by atoms with Gasteiger partial charge in [-0.1, -0.05) is 19.9 Å². The van der Waals surface area contributed by atoms with Crippen molar-refractivity contribution >= 4 is 25.1 Å². The number of aliphatic carboxylic acids is 1. The van der Waals surface area contributed by atoms with Gasteiger partial charge in [0.2, 0.25) is 7.37 Å². The van der Waals surface area contributed by atoms with Gasteiger partial charge in [-0.3, -0.25) is 4.57 Å². The molecule has 7 heteroatoms. The minimum atomic E-state index is -3.40. The number of carbonyl (C=O) groups is 1. The Bertz CT molecular complexity index is 371. The molecule has 1 atom stereocenters. The van der Waals surface area contributed by atoms with Crippen LogP contribution in [0.2, 0.25) is 0 Å². The van der Waals surface area contributed by atoms with Gasteiger partial charge < -0.3 is 15.7 Å². The SMILES string of the molecule is CC(C)CP(=O)(O)C/C(=C\CCCSCCN)C(=O)O. The van der Waals surface area contributed by atoms with Gasteiger partial charge in [0.25, 0.3) is 0 Å². The van der Waals surface area contributed by atoms with Crippen molar-refractivity contribution in [1.29, 1.82) is 0 Å². The summed E-state index contributed by atoms with van der Waals surface area (Å²) >= 11 is 1.73. The fraction of sp³-hybridized carbons (Fsp3) is 0.769. The lowest BCUT2D eigenvalue weighted by Gasteiger charge is -2.14. The Morgan fingerprint density at radius 3 is 2.55 bits per heavy atom. The van der Waals surface area contributed by atoms with Crippen LogP contribution >= 0.6 is 19.1 Å². The molecule has 0 aromatic carbocycles. The number of carboxylic acids is 1. The van der Waals surface area contributed by atoms with Crippen LogP contribution in [0.25, 0.3) is 0 Å². The average Bonchev–Trinajstić information content (AvgIpc) is 2.30. The molecular weight excluding hydrogens is 297 g/mol. The molecule has 0 saturated heterocycles. The molecule has 0 aromatic rings. The predicted molar refractivity (Wildman–Crippen MR) is 85.7 cm³/mol. The van der Waals surface area contributed by atoms with Crippen LogP contribution in [-0.4, -0.2) is 46.3 Å². The Morgan fingerprint density at radius 2 is 2.05 bits per heavy atom. The van der Waals surface area contributed by atoms with Crippen LogP contribution in [0.1, 0.15) is 26.7 Å². The maximum Gasteiger partial charge on any atom is 0.331 e. The van der Waals surface area contributed by atoms with Gasteiger partial charge in [0.15, 0.2) is 0 Å². The normalized spacial score (nSPS) is 15.3. The van der Waals surface area contributed by atoms with E-state index in [1.165, 1.54) is 0 Å². The Labute approximate surface area is 125 Å². The summed E-state index contributed by atoms with van der Waals surface area (Å²) in [4.78, 5) is 20.9. The van der Waals surface area contributed by atoms with Crippen molar-refractivity contribution in [1.82, 2.24) is 0 Å². The number of allylic oxidation sites excluding steroid dienone is 1. The van der Waals surface area contributed by atoms with Gasteiger partial charge in [0, 0.05) is 24.0 Å². The molecule has 0 aliphatic carbocycles. The molecule has 0 amide bonds. The Morgan fingerprint density at radius 1 is 1.40 bits per heavy atom. The zero-order valence-electron chi connectivity index (χ0n) is 12.2. The number of thioether (sulfide) groups is 1. The maximum absolute atomic E-state index is 11.9. The van der Waals surface area contributed by atoms with E-state index in [2.05, 4.69) is 0 Å². The summed E-state index contributed by atoms with van der Waals surface area (Å²) in [6.45, 7) is 4.34. The van der Waals surface area contributed by atoms with Gasteiger partial charge in [0.05, 0.1) is 6.16 Å². The third-order valence-electron chi connectivity index (χ3n) is 2.49. The molecule has 0 aliphatic rings. The van der Waals surface area contributed by atoms with Gasteiger partial charge in [-0.25, -0.2) is 4.79 Å². The largest absolute Gasteiger partial charge is 0.478 e. The zero-order valence-corrected chi connectivity index (χ0v) is 14.0. The van der Waals surface area contributed by atoms with Gasteiger partial charge in [-0.15, -0.1) is 0 Å². The summed E-state index contributed by atoms with van der Waals surface area (Å²) in [5.41, 5.74) is 5.43. The highest BCUT2D eigenvalue weighted by atomic mass is 32.2. The first kappa shape index (κ1) is 19.7. The lowest BCUT2D eigenvalue weighted by molar-refractivity contribution is -0.132. The van der Waals surface area contributed by atoms with E-state index in [1.54, 1.807) is 17.8 Å². The maximum atomic E-state index is 11.9. The standard InChI is InChI=1S/C13H26NO4PS/c1-11(2)9-19(17,18)10-12(13(15)16)5-3-4-7-20-8-6-14/h5,11H,3-4,6-10,14H2,1-2H3,(H,15,16)(H,17,18)/b12-5+. The quantitative estimate of drug-likeness (QED) is 0.307. The second-order valence-corrected chi connectivity index (χ2v) is 8.76. The van der Waals surface area contributed by atoms with E-state index in [0.29, 0.717) is 13.0 Å². The van der Waals surface area contributed by atoms with Gasteiger partial charge >= 0.3 is 5.97 Å². The first-order chi connectivity index (χ1) is 9.28. The van der Waals surface area contributed by atoms with Crippen LogP contribution < -0.4 is 5.73 Å². The molecular formula is C13H26NO4PS. The number of unbranched alkanes of at least 4 members (excludes halogenated alkanes) is 1. The Kier molecular flexibility index (Phi) is 10.3. The first-order valence-electron chi connectivity index (χ1n) is 6.79. The third-order valence-corrected chi connectivity index (χ3v) is 5.73. The minimum absolute atomic E-state index is 0.0558. The first-order valence-corrected chi connectivity index (χ1v) is 9.98. The highest BCUT2D eigenvalue weighted by Gasteiger charge is 2.24. The fourth-order valence-corrected chi connectivity index (χ4v) is 4.58. The van der Waals surface area contributed by atoms with Crippen molar-refractivity contribution in [2.45, 2.75) is 26.7 Å². The molecule has 0 bridgehead atoms. The predicted octanol–water partition coefficient (Wildman–Crippen LogP) is 2.40. The molecule has 4 N–H and O–H groups in total. The lowest BCUT2D eigenvalue weighted by Crippen LogP contribution is -2.09. The van der Waals surface area contributed by atoms with Crippen molar-refractivity contribution in [3.8, 4) is 0 Å². The van der Waals surface area contributed by atoms with Crippen LogP contribution in [0.5, 0.6) is 0 Å². The number of hydrogen-bond donors (Lipinski definition) is 3. The smallest absolute Gasteiger partial charge is 0.331 e. The molecule has 20 heavy (non-hydrogen) atoms. The topological polar surface area (TPSA) is 101 Å². The molecule has 0 radical (unpaired) electrons. The average molecular weight is 323 g/mol. The van der Waals surface area contributed by atoms with Crippen molar-refractivity contribution < 1.29 is 19.4 Å². The summed E-state index contributed by atoms with van der Waals surface area (Å²) in [7, 11) is -3.40. The third kappa shape index (κ3) is 10.5. The molecule has 5 nitrogen and oxygen atoms in total. The Hall–Kier alpha value is -0.290. The monoisotopic (exact) mass is 323 g/mol. The summed E-state index contributed by atoms with van der Waals surface area (Å²) in [5.74, 6) is 0.797. The second kappa shape index (κ2) is 10.4. The molecule has 118 valence electrons. The number of rotatable bonds is 11. The molecule has 0 fully saturated rings. The van der Waals surface area contributed by atoms with E-state index in [4.69, 9.17) is 10.8 Å². The molecule has 0 aliphatic heterocycles.